The third kappa shape index (κ3) is 3.67. The third-order valence-electron chi connectivity index (χ3n) is 5.10. The molecule has 0 radical (unpaired) electrons. The van der Waals surface area contributed by atoms with Gasteiger partial charge in [0.15, 0.2) is 0 Å². The summed E-state index contributed by atoms with van der Waals surface area (Å²) in [5.41, 5.74) is 3.87. The number of nitrogens with one attached hydrogen (secondary N) is 1. The summed E-state index contributed by atoms with van der Waals surface area (Å²) >= 11 is 0. The predicted molar refractivity (Wildman–Crippen MR) is 106 cm³/mol. The number of amides is 1. The Morgan fingerprint density at radius 1 is 1.14 bits per heavy atom. The van der Waals surface area contributed by atoms with E-state index < -0.39 is 15.9 Å². The third-order valence-corrected chi connectivity index (χ3v) is 6.03. The molecule has 1 aliphatic heterocycles. The van der Waals surface area contributed by atoms with Crippen molar-refractivity contribution in [2.75, 3.05) is 6.61 Å². The van der Waals surface area contributed by atoms with Gasteiger partial charge in [-0.2, -0.15) is 5.10 Å². The van der Waals surface area contributed by atoms with Gasteiger partial charge in [-0.3, -0.25) is 9.89 Å². The number of hydrogen-bond donors (Lipinski definition) is 3. The minimum absolute atomic E-state index is 0.0267. The number of aromatic amines is 1. The number of nitrogens with zero attached hydrogens (tertiary/aromatic N) is 2. The number of sulfonamides is 1. The van der Waals surface area contributed by atoms with E-state index in [1.54, 1.807) is 17.0 Å². The number of H-pyrrole nitrogens is 1. The molecule has 0 spiro atoms. The largest absolute Gasteiger partial charge is 0.395 e. The van der Waals surface area contributed by atoms with Crippen LogP contribution in [0.4, 0.5) is 0 Å². The van der Waals surface area contributed by atoms with Crippen molar-refractivity contribution in [1.29, 1.82) is 0 Å². The highest BCUT2D eigenvalue weighted by Gasteiger charge is 2.32. The van der Waals surface area contributed by atoms with Crippen LogP contribution in [0.3, 0.4) is 0 Å². The fourth-order valence-corrected chi connectivity index (χ4v) is 4.08. The molecular formula is C20H20N4O4S. The molecular weight excluding hydrogens is 392 g/mol. The van der Waals surface area contributed by atoms with E-state index in [-0.39, 0.29) is 17.4 Å². The maximum Gasteiger partial charge on any atom is 0.238 e. The number of fused-ring (bicyclic) bond motifs is 1. The van der Waals surface area contributed by atoms with E-state index >= 15 is 0 Å². The van der Waals surface area contributed by atoms with Crippen molar-refractivity contribution in [2.45, 2.75) is 23.9 Å². The lowest BCUT2D eigenvalue weighted by molar-refractivity contribution is -0.134. The first-order chi connectivity index (χ1) is 13.9. The molecule has 3 aromatic rings. The Morgan fingerprint density at radius 2 is 1.83 bits per heavy atom. The summed E-state index contributed by atoms with van der Waals surface area (Å²) in [5.74, 6) is -0.774. The van der Waals surface area contributed by atoms with Crippen LogP contribution in [0.2, 0.25) is 0 Å². The molecule has 4 N–H and O–H groups in total. The molecule has 0 fully saturated rings. The summed E-state index contributed by atoms with van der Waals surface area (Å²) in [6.45, 7) is 0.466. The summed E-state index contributed by atoms with van der Waals surface area (Å²) < 4.78 is 22.9. The first-order valence-electron chi connectivity index (χ1n) is 9.02. The Labute approximate surface area is 168 Å². The number of aromatic nitrogens is 2. The summed E-state index contributed by atoms with van der Waals surface area (Å²) in [5, 5.41) is 22.2. The zero-order valence-corrected chi connectivity index (χ0v) is 16.3. The van der Waals surface area contributed by atoms with Crippen LogP contribution in [0.5, 0.6) is 0 Å². The summed E-state index contributed by atoms with van der Waals surface area (Å²) in [4.78, 5) is 14.7. The molecule has 9 heteroatoms. The van der Waals surface area contributed by atoms with Crippen LogP contribution in [0.1, 0.15) is 22.7 Å². The second kappa shape index (κ2) is 7.43. The maximum atomic E-state index is 13.0. The number of aliphatic hydroxyl groups is 1. The Bertz CT molecular complexity index is 1140. The number of aliphatic hydroxyl groups excluding tert-OH is 1. The maximum absolute atomic E-state index is 13.0. The molecule has 0 aliphatic carbocycles. The van der Waals surface area contributed by atoms with E-state index in [2.05, 4.69) is 10.2 Å². The second-order valence-electron chi connectivity index (χ2n) is 6.94. The molecule has 1 aromatic heterocycles. The van der Waals surface area contributed by atoms with Crippen LogP contribution in [0.15, 0.2) is 59.5 Å². The van der Waals surface area contributed by atoms with Gasteiger partial charge in [0.2, 0.25) is 15.9 Å². The van der Waals surface area contributed by atoms with Crippen LogP contribution in [0, 0.1) is 0 Å². The number of carbonyl (C=O) groups excluding carboxylic acids is 1. The average Bonchev–Trinajstić information content (AvgIpc) is 3.29. The topological polar surface area (TPSA) is 129 Å². The van der Waals surface area contributed by atoms with Gasteiger partial charge in [-0.15, -0.1) is 0 Å². The van der Waals surface area contributed by atoms with Crippen LogP contribution in [0.25, 0.3) is 11.3 Å². The Kier molecular flexibility index (Phi) is 4.95. The molecule has 1 unspecified atom stereocenters. The van der Waals surface area contributed by atoms with Crippen molar-refractivity contribution in [3.63, 3.8) is 0 Å². The zero-order valence-electron chi connectivity index (χ0n) is 15.4. The standard InChI is InChI=1S/C20H20N4O4S/c21-29(27,28)15-8-6-14(7-9-15)19-16-10-24(11-18(16)22-23-19)20(26)17(12-25)13-4-2-1-3-5-13/h1-9,17,25H,10-12H2,(H,22,23)(H2,21,27,28). The summed E-state index contributed by atoms with van der Waals surface area (Å²) in [6.07, 6.45) is 0. The number of primary sulfonamides is 1. The zero-order chi connectivity index (χ0) is 20.6. The first-order valence-corrected chi connectivity index (χ1v) is 10.6. The number of nitrogens with two attached hydrogens (primary N) is 1. The van der Waals surface area contributed by atoms with Gasteiger partial charge in [0, 0.05) is 11.1 Å². The molecule has 1 atom stereocenters. The molecule has 2 heterocycles. The van der Waals surface area contributed by atoms with Crippen LogP contribution in [-0.2, 0) is 27.9 Å². The number of benzene rings is 2. The van der Waals surface area contributed by atoms with Gasteiger partial charge < -0.3 is 10.0 Å². The molecule has 0 saturated heterocycles. The molecule has 2 aromatic carbocycles. The van der Waals surface area contributed by atoms with Crippen molar-refractivity contribution in [2.24, 2.45) is 5.14 Å². The molecule has 150 valence electrons. The molecule has 4 rings (SSSR count). The number of hydrogen-bond acceptors (Lipinski definition) is 5. The lowest BCUT2D eigenvalue weighted by Crippen LogP contribution is -2.32. The van der Waals surface area contributed by atoms with Gasteiger partial charge in [-0.1, -0.05) is 42.5 Å². The van der Waals surface area contributed by atoms with Crippen molar-refractivity contribution >= 4 is 15.9 Å². The van der Waals surface area contributed by atoms with Gasteiger partial charge in [0.05, 0.1) is 41.9 Å². The minimum atomic E-state index is -3.76. The fourth-order valence-electron chi connectivity index (χ4n) is 3.57. The monoisotopic (exact) mass is 412 g/mol. The molecule has 0 bridgehead atoms. The van der Waals surface area contributed by atoms with Crippen molar-refractivity contribution in [3.05, 3.63) is 71.4 Å². The lowest BCUT2D eigenvalue weighted by Gasteiger charge is -2.22. The molecule has 1 aliphatic rings. The van der Waals surface area contributed by atoms with Gasteiger partial charge in [-0.05, 0) is 17.7 Å². The number of rotatable bonds is 5. The van der Waals surface area contributed by atoms with E-state index in [0.717, 1.165) is 22.4 Å². The van der Waals surface area contributed by atoms with Gasteiger partial charge >= 0.3 is 0 Å². The number of carbonyl (C=O) groups is 1. The first kappa shape index (κ1) is 19.3. The Hall–Kier alpha value is -3.01. The van der Waals surface area contributed by atoms with E-state index in [1.165, 1.54) is 12.1 Å². The van der Waals surface area contributed by atoms with Crippen LogP contribution in [-0.4, -0.2) is 41.1 Å². The summed E-state index contributed by atoms with van der Waals surface area (Å²) in [7, 11) is -3.76. The normalized spacial score (nSPS) is 14.6. The van der Waals surface area contributed by atoms with E-state index in [4.69, 9.17) is 5.14 Å². The van der Waals surface area contributed by atoms with Gasteiger partial charge in [0.1, 0.15) is 0 Å². The molecule has 0 saturated carbocycles. The highest BCUT2D eigenvalue weighted by molar-refractivity contribution is 7.89. The predicted octanol–water partition coefficient (Wildman–Crippen LogP) is 1.34. The fraction of sp³-hybridized carbons (Fsp3) is 0.200. The molecule has 8 nitrogen and oxygen atoms in total. The Morgan fingerprint density at radius 3 is 2.45 bits per heavy atom. The minimum Gasteiger partial charge on any atom is -0.395 e. The van der Waals surface area contributed by atoms with E-state index in [1.807, 2.05) is 30.3 Å². The van der Waals surface area contributed by atoms with E-state index in [0.29, 0.717) is 18.8 Å². The second-order valence-corrected chi connectivity index (χ2v) is 8.50. The van der Waals surface area contributed by atoms with Crippen molar-refractivity contribution < 1.29 is 18.3 Å². The summed E-state index contributed by atoms with van der Waals surface area (Å²) in [6, 6.07) is 15.3. The Balaban J connectivity index is 1.57. The van der Waals surface area contributed by atoms with Crippen LogP contribution < -0.4 is 5.14 Å². The SMILES string of the molecule is NS(=O)(=O)c1ccc(-c2n[nH]c3c2CN(C(=O)C(CO)c2ccccc2)C3)cc1. The van der Waals surface area contributed by atoms with Crippen molar-refractivity contribution in [3.8, 4) is 11.3 Å². The molecule has 1 amide bonds. The van der Waals surface area contributed by atoms with Gasteiger partial charge in [0.25, 0.3) is 0 Å². The van der Waals surface area contributed by atoms with Crippen LogP contribution >= 0.6 is 0 Å². The van der Waals surface area contributed by atoms with Crippen molar-refractivity contribution in [1.82, 2.24) is 15.1 Å². The highest BCUT2D eigenvalue weighted by atomic mass is 32.2. The highest BCUT2D eigenvalue weighted by Crippen LogP contribution is 2.33. The smallest absolute Gasteiger partial charge is 0.238 e. The molecule has 29 heavy (non-hydrogen) atoms. The van der Waals surface area contributed by atoms with Gasteiger partial charge in [-0.25, -0.2) is 13.6 Å². The average molecular weight is 412 g/mol. The lowest BCUT2D eigenvalue weighted by atomic mass is 9.98. The quantitative estimate of drug-likeness (QED) is 0.582. The van der Waals surface area contributed by atoms with E-state index in [9.17, 15) is 18.3 Å².